The number of aryl methyl sites for hydroxylation is 2. The maximum Gasteiger partial charge on any atom is 0.301 e. The molecule has 1 aliphatic carbocycles. The number of hydrogen-bond acceptors (Lipinski definition) is 9. The van der Waals surface area contributed by atoms with Crippen molar-refractivity contribution in [1.82, 2.24) is 19.1 Å². The molecule has 5 atom stereocenters. The Morgan fingerprint density at radius 3 is 2.44 bits per heavy atom. The number of imidazole rings is 1. The first-order chi connectivity index (χ1) is 25.4. The van der Waals surface area contributed by atoms with Gasteiger partial charge in [0.1, 0.15) is 36.1 Å². The number of hydrogen-bond donors (Lipinski definition) is 1. The number of ether oxygens (including phenoxy) is 4. The van der Waals surface area contributed by atoms with Crippen LogP contribution >= 0.6 is 11.6 Å². The number of halogens is 2. The SMILES string of the molecule is Cn1ccc(-c2cc(F)c3c(c2)CCC3Nc2nc3c(cc2Cl)nc(O[C@@H]2CO[C@H]4[C@@H]2OC[C@H]4O[Si](C)(C)C(C)(C)C)n3COCC[Si](C)(C)C)cc1=O. The van der Waals surface area contributed by atoms with Crippen LogP contribution in [-0.2, 0) is 38.8 Å². The van der Waals surface area contributed by atoms with E-state index in [-0.39, 0.29) is 47.5 Å². The van der Waals surface area contributed by atoms with Gasteiger partial charge in [-0.05, 0) is 71.9 Å². The Hall–Kier alpha value is -3.12. The van der Waals surface area contributed by atoms with Crippen LogP contribution in [0.5, 0.6) is 6.01 Å². The van der Waals surface area contributed by atoms with Crippen LogP contribution in [-0.4, -0.2) is 79.7 Å². The molecule has 2 aliphatic heterocycles. The second kappa shape index (κ2) is 14.8. The Morgan fingerprint density at radius 1 is 1.02 bits per heavy atom. The number of nitrogens with one attached hydrogen (secondary N) is 1. The molecule has 2 fully saturated rings. The molecule has 0 radical (unpaired) electrons. The highest BCUT2D eigenvalue weighted by Gasteiger charge is 2.52. The second-order valence-electron chi connectivity index (χ2n) is 17.6. The largest absolute Gasteiger partial charge is 0.456 e. The highest BCUT2D eigenvalue weighted by Crippen LogP contribution is 2.42. The summed E-state index contributed by atoms with van der Waals surface area (Å²) in [6.45, 7) is 19.7. The van der Waals surface area contributed by atoms with Gasteiger partial charge in [-0.15, -0.1) is 0 Å². The number of nitrogens with zero attached hydrogens (tertiary/aromatic N) is 4. The monoisotopic (exact) mass is 797 g/mol. The van der Waals surface area contributed by atoms with Crippen molar-refractivity contribution < 1.29 is 27.8 Å². The summed E-state index contributed by atoms with van der Waals surface area (Å²) in [5.41, 5.74) is 3.76. The van der Waals surface area contributed by atoms with Gasteiger partial charge in [0.25, 0.3) is 5.56 Å². The van der Waals surface area contributed by atoms with Gasteiger partial charge in [-0.25, -0.2) is 9.37 Å². The molecule has 0 bridgehead atoms. The second-order valence-corrected chi connectivity index (χ2v) is 28.4. The fourth-order valence-corrected chi connectivity index (χ4v) is 9.36. The summed E-state index contributed by atoms with van der Waals surface area (Å²) in [5.74, 6) is 0.0796. The van der Waals surface area contributed by atoms with Crippen molar-refractivity contribution in [3.05, 3.63) is 68.8 Å². The van der Waals surface area contributed by atoms with E-state index < -0.39 is 22.5 Å². The summed E-state index contributed by atoms with van der Waals surface area (Å²) in [6.07, 6.45) is 1.90. The zero-order valence-corrected chi connectivity index (χ0v) is 35.6. The van der Waals surface area contributed by atoms with Crippen molar-refractivity contribution in [2.24, 2.45) is 7.05 Å². The summed E-state index contributed by atoms with van der Waals surface area (Å²) < 4.78 is 51.2. The molecule has 3 aliphatic rings. The van der Waals surface area contributed by atoms with E-state index in [1.807, 2.05) is 16.7 Å². The molecule has 11 nitrogen and oxygen atoms in total. The normalized spacial score (nSPS) is 22.9. The lowest BCUT2D eigenvalue weighted by atomic mass is 9.99. The van der Waals surface area contributed by atoms with Crippen LogP contribution in [0.4, 0.5) is 10.2 Å². The predicted molar refractivity (Wildman–Crippen MR) is 214 cm³/mol. The molecule has 1 N–H and O–H groups in total. The molecule has 0 saturated carbocycles. The maximum atomic E-state index is 15.8. The Labute approximate surface area is 323 Å². The van der Waals surface area contributed by atoms with Crippen molar-refractivity contribution in [3.8, 4) is 17.1 Å². The highest BCUT2D eigenvalue weighted by molar-refractivity contribution is 6.76. The van der Waals surface area contributed by atoms with E-state index in [1.165, 1.54) is 16.7 Å². The number of anilines is 1. The lowest BCUT2D eigenvalue weighted by Gasteiger charge is -2.39. The summed E-state index contributed by atoms with van der Waals surface area (Å²) >= 11 is 6.85. The molecular weight excluding hydrogens is 745 g/mol. The maximum absolute atomic E-state index is 15.8. The minimum atomic E-state index is -2.05. The van der Waals surface area contributed by atoms with Crippen molar-refractivity contribution in [3.63, 3.8) is 0 Å². The summed E-state index contributed by atoms with van der Waals surface area (Å²) in [6, 6.07) is 9.56. The molecule has 292 valence electrons. The molecule has 3 aromatic heterocycles. The molecular formula is C39H53ClFN5O6Si2. The summed E-state index contributed by atoms with van der Waals surface area (Å²) in [4.78, 5) is 22.1. The van der Waals surface area contributed by atoms with Gasteiger partial charge in [-0.1, -0.05) is 58.1 Å². The van der Waals surface area contributed by atoms with Crippen molar-refractivity contribution in [2.45, 2.75) is 115 Å². The topological polar surface area (TPSA) is 111 Å². The van der Waals surface area contributed by atoms with Crippen LogP contribution in [0.3, 0.4) is 0 Å². The third-order valence-corrected chi connectivity index (χ3v) is 17.8. The first-order valence-corrected chi connectivity index (χ1v) is 25.9. The predicted octanol–water partition coefficient (Wildman–Crippen LogP) is 7.94. The number of pyridine rings is 2. The van der Waals surface area contributed by atoms with E-state index in [4.69, 9.17) is 44.9 Å². The zero-order valence-electron chi connectivity index (χ0n) is 32.8. The smallest absolute Gasteiger partial charge is 0.301 e. The lowest BCUT2D eigenvalue weighted by molar-refractivity contribution is 0.00687. The van der Waals surface area contributed by atoms with E-state index >= 15 is 4.39 Å². The molecule has 15 heteroatoms. The quantitative estimate of drug-likeness (QED) is 0.113. The van der Waals surface area contributed by atoms with Crippen LogP contribution in [0.2, 0.25) is 48.8 Å². The Balaban J connectivity index is 1.14. The van der Waals surface area contributed by atoms with Gasteiger partial charge in [-0.2, -0.15) is 4.98 Å². The van der Waals surface area contributed by atoms with Crippen LogP contribution in [0.1, 0.15) is 44.4 Å². The van der Waals surface area contributed by atoms with E-state index in [1.54, 1.807) is 19.3 Å². The number of rotatable bonds is 12. The molecule has 54 heavy (non-hydrogen) atoms. The molecule has 2 saturated heterocycles. The summed E-state index contributed by atoms with van der Waals surface area (Å²) in [5, 5.41) is 3.85. The number of fused-ring (bicyclic) bond motifs is 3. The highest BCUT2D eigenvalue weighted by atomic mass is 35.5. The van der Waals surface area contributed by atoms with Crippen molar-refractivity contribution in [2.75, 3.05) is 25.1 Å². The Morgan fingerprint density at radius 2 is 1.74 bits per heavy atom. The molecule has 7 rings (SSSR count). The van der Waals surface area contributed by atoms with E-state index in [9.17, 15) is 4.79 Å². The van der Waals surface area contributed by atoms with Gasteiger partial charge in [0.15, 0.2) is 20.1 Å². The fourth-order valence-electron chi connectivity index (χ4n) is 7.09. The molecule has 0 amide bonds. The van der Waals surface area contributed by atoms with Gasteiger partial charge in [-0.3, -0.25) is 9.36 Å². The fraction of sp³-hybridized carbons (Fsp3) is 0.564. The average molecular weight is 799 g/mol. The Bertz CT molecular complexity index is 2100. The lowest BCUT2D eigenvalue weighted by Crippen LogP contribution is -2.47. The first-order valence-electron chi connectivity index (χ1n) is 18.9. The van der Waals surface area contributed by atoms with Crippen LogP contribution in [0.25, 0.3) is 22.3 Å². The van der Waals surface area contributed by atoms with E-state index in [2.05, 4.69) is 58.8 Å². The summed E-state index contributed by atoms with van der Waals surface area (Å²) in [7, 11) is -1.69. The van der Waals surface area contributed by atoms with E-state index in [0.717, 1.165) is 11.6 Å². The van der Waals surface area contributed by atoms with Crippen molar-refractivity contribution >= 4 is 45.0 Å². The molecule has 4 aromatic rings. The van der Waals surface area contributed by atoms with Gasteiger partial charge >= 0.3 is 6.01 Å². The third-order valence-electron chi connectivity index (χ3n) is 11.3. The first kappa shape index (κ1) is 39.1. The standard InChI is InChI=1S/C39H53ClFN5O6Si2/c1-39(2,3)54(8,9)52-31-21-50-34-30(20-49-35(31)34)51-38-43-29-19-26(40)36(44-37(29)46(38)22-48-14-15-53(5,6)7)42-28-11-10-24-16-25(17-27(41)33(24)28)23-12-13-45(4)32(47)18-23/h12-13,16-19,28,30-31,34-35H,10-11,14-15,20-22H2,1-9H3,(H,42,44)/t28?,30-,31-,34-,35-/m1/s1. The van der Waals surface area contributed by atoms with Crippen LogP contribution in [0.15, 0.2) is 41.3 Å². The minimum Gasteiger partial charge on any atom is -0.456 e. The van der Waals surface area contributed by atoms with Crippen LogP contribution in [0, 0.1) is 5.82 Å². The third kappa shape index (κ3) is 7.93. The molecule has 0 spiro atoms. The molecule has 5 heterocycles. The number of benzene rings is 1. The van der Waals surface area contributed by atoms with Crippen molar-refractivity contribution in [1.29, 1.82) is 0 Å². The molecule has 1 aromatic carbocycles. The van der Waals surface area contributed by atoms with Gasteiger partial charge in [0.05, 0.1) is 30.4 Å². The van der Waals surface area contributed by atoms with Crippen LogP contribution < -0.4 is 15.6 Å². The average Bonchev–Trinajstić information content (AvgIpc) is 3.85. The van der Waals surface area contributed by atoms with Gasteiger partial charge in [0, 0.05) is 39.6 Å². The van der Waals surface area contributed by atoms with Gasteiger partial charge in [0.2, 0.25) is 0 Å². The zero-order chi connectivity index (χ0) is 38.7. The minimum absolute atomic E-state index is 0.0611. The molecule has 1 unspecified atom stereocenters. The Kier molecular flexibility index (Phi) is 10.7. The van der Waals surface area contributed by atoms with Gasteiger partial charge < -0.3 is 33.3 Å². The van der Waals surface area contributed by atoms with E-state index in [0.29, 0.717) is 77.4 Å². The number of aromatic nitrogens is 4.